The lowest BCUT2D eigenvalue weighted by Crippen LogP contribution is -2.47. The van der Waals surface area contributed by atoms with Crippen molar-refractivity contribution in [2.24, 2.45) is 0 Å². The average Bonchev–Trinajstić information content (AvgIpc) is 2.70. The number of aromatic carboxylic acids is 1. The van der Waals surface area contributed by atoms with Crippen molar-refractivity contribution in [3.05, 3.63) is 29.8 Å². The molecule has 1 aromatic rings. The standard InChI is InChI=1S/C14H17NO5S2/c1-14(6-7-22(19,20)9-14)15-12(16)8-21-11-5-3-2-4-10(11)13(17)18/h2-5H,6-9H2,1H3,(H,15,16)(H,17,18)/t14-/m1/s1. The highest BCUT2D eigenvalue weighted by molar-refractivity contribution is 8.00. The predicted octanol–water partition coefficient (Wildman–Crippen LogP) is 1.17. The SMILES string of the molecule is C[C@@]1(NC(=O)CSc2ccccc2C(=O)O)CCS(=O)(=O)C1. The van der Waals surface area contributed by atoms with E-state index in [1.165, 1.54) is 6.07 Å². The number of carboxylic acid groups (broad SMARTS) is 1. The molecule has 1 aliphatic heterocycles. The number of hydrogen-bond donors (Lipinski definition) is 2. The Labute approximate surface area is 133 Å². The first kappa shape index (κ1) is 16.8. The van der Waals surface area contributed by atoms with E-state index in [1.807, 2.05) is 0 Å². The molecule has 0 aromatic heterocycles. The Hall–Kier alpha value is -1.54. The van der Waals surface area contributed by atoms with Gasteiger partial charge in [0.15, 0.2) is 9.84 Å². The zero-order valence-electron chi connectivity index (χ0n) is 12.0. The Kier molecular flexibility index (Phi) is 4.81. The fourth-order valence-electron chi connectivity index (χ4n) is 2.39. The molecule has 6 nitrogen and oxygen atoms in total. The van der Waals surface area contributed by atoms with Gasteiger partial charge < -0.3 is 10.4 Å². The molecule has 120 valence electrons. The van der Waals surface area contributed by atoms with Crippen LogP contribution in [0.25, 0.3) is 0 Å². The van der Waals surface area contributed by atoms with E-state index in [-0.39, 0.29) is 28.7 Å². The first-order valence-electron chi connectivity index (χ1n) is 6.67. The number of carbonyl (C=O) groups excluding carboxylic acids is 1. The lowest BCUT2D eigenvalue weighted by Gasteiger charge is -2.23. The molecule has 1 saturated heterocycles. The smallest absolute Gasteiger partial charge is 0.336 e. The van der Waals surface area contributed by atoms with E-state index in [9.17, 15) is 18.0 Å². The van der Waals surface area contributed by atoms with E-state index in [2.05, 4.69) is 5.32 Å². The zero-order valence-corrected chi connectivity index (χ0v) is 13.7. The van der Waals surface area contributed by atoms with Crippen LogP contribution in [0, 0.1) is 0 Å². The molecule has 0 saturated carbocycles. The molecule has 0 spiro atoms. The molecule has 1 atom stereocenters. The van der Waals surface area contributed by atoms with Crippen LogP contribution in [0.15, 0.2) is 29.2 Å². The fraction of sp³-hybridized carbons (Fsp3) is 0.429. The van der Waals surface area contributed by atoms with Crippen molar-refractivity contribution in [2.45, 2.75) is 23.8 Å². The third-order valence-electron chi connectivity index (χ3n) is 3.42. The lowest BCUT2D eigenvalue weighted by molar-refractivity contribution is -0.120. The van der Waals surface area contributed by atoms with Crippen LogP contribution in [-0.2, 0) is 14.6 Å². The van der Waals surface area contributed by atoms with Crippen LogP contribution in [0.5, 0.6) is 0 Å². The summed E-state index contributed by atoms with van der Waals surface area (Å²) in [6.45, 7) is 1.71. The molecule has 1 amide bonds. The number of hydrogen-bond acceptors (Lipinski definition) is 5. The second kappa shape index (κ2) is 6.29. The number of thioether (sulfide) groups is 1. The monoisotopic (exact) mass is 343 g/mol. The summed E-state index contributed by atoms with van der Waals surface area (Å²) in [5, 5.41) is 11.8. The molecule has 0 aliphatic carbocycles. The van der Waals surface area contributed by atoms with Gasteiger partial charge in [0.2, 0.25) is 5.91 Å². The summed E-state index contributed by atoms with van der Waals surface area (Å²) >= 11 is 1.12. The van der Waals surface area contributed by atoms with Crippen LogP contribution >= 0.6 is 11.8 Å². The molecule has 8 heteroatoms. The fourth-order valence-corrected chi connectivity index (χ4v) is 5.33. The highest BCUT2D eigenvalue weighted by Gasteiger charge is 2.39. The predicted molar refractivity (Wildman–Crippen MR) is 83.9 cm³/mol. The molecule has 1 aromatic carbocycles. The van der Waals surface area contributed by atoms with Gasteiger partial charge in [-0.3, -0.25) is 4.79 Å². The van der Waals surface area contributed by atoms with Crippen molar-refractivity contribution < 1.29 is 23.1 Å². The maximum absolute atomic E-state index is 12.0. The summed E-state index contributed by atoms with van der Waals surface area (Å²) in [7, 11) is -3.08. The van der Waals surface area contributed by atoms with Gasteiger partial charge in [-0.05, 0) is 25.5 Å². The van der Waals surface area contributed by atoms with Crippen molar-refractivity contribution in [3.8, 4) is 0 Å². The molecule has 1 fully saturated rings. The van der Waals surface area contributed by atoms with Gasteiger partial charge in [0.25, 0.3) is 0 Å². The Balaban J connectivity index is 1.96. The maximum Gasteiger partial charge on any atom is 0.336 e. The average molecular weight is 343 g/mol. The van der Waals surface area contributed by atoms with Gasteiger partial charge in [-0.15, -0.1) is 11.8 Å². The maximum atomic E-state index is 12.0. The minimum atomic E-state index is -3.08. The van der Waals surface area contributed by atoms with Gasteiger partial charge in [0.1, 0.15) is 0 Å². The minimum absolute atomic E-state index is 0.0416. The highest BCUT2D eigenvalue weighted by Crippen LogP contribution is 2.25. The van der Waals surface area contributed by atoms with Crippen molar-refractivity contribution in [3.63, 3.8) is 0 Å². The topological polar surface area (TPSA) is 101 Å². The van der Waals surface area contributed by atoms with E-state index in [0.717, 1.165) is 11.8 Å². The van der Waals surface area contributed by atoms with E-state index < -0.39 is 21.3 Å². The van der Waals surface area contributed by atoms with Gasteiger partial charge in [0.05, 0.1) is 28.4 Å². The third kappa shape index (κ3) is 4.23. The number of carbonyl (C=O) groups is 2. The molecular weight excluding hydrogens is 326 g/mol. The quantitative estimate of drug-likeness (QED) is 0.779. The molecular formula is C14H17NO5S2. The molecule has 1 heterocycles. The van der Waals surface area contributed by atoms with E-state index in [4.69, 9.17) is 5.11 Å². The number of amides is 1. The van der Waals surface area contributed by atoms with E-state index in [1.54, 1.807) is 25.1 Å². The normalized spacial score (nSPS) is 23.1. The Bertz CT molecular complexity index is 701. The molecule has 2 rings (SSSR count). The van der Waals surface area contributed by atoms with Gasteiger partial charge in [-0.1, -0.05) is 12.1 Å². The van der Waals surface area contributed by atoms with E-state index in [0.29, 0.717) is 11.3 Å². The Morgan fingerprint density at radius 1 is 1.36 bits per heavy atom. The summed E-state index contributed by atoms with van der Waals surface area (Å²) in [4.78, 5) is 23.6. The van der Waals surface area contributed by atoms with Crippen LogP contribution in [-0.4, -0.2) is 48.2 Å². The van der Waals surface area contributed by atoms with Crippen molar-refractivity contribution in [1.29, 1.82) is 0 Å². The van der Waals surface area contributed by atoms with Crippen molar-refractivity contribution in [1.82, 2.24) is 5.32 Å². The van der Waals surface area contributed by atoms with Crippen molar-refractivity contribution >= 4 is 33.5 Å². The second-order valence-electron chi connectivity index (χ2n) is 5.54. The second-order valence-corrected chi connectivity index (χ2v) is 8.74. The molecule has 0 radical (unpaired) electrons. The first-order chi connectivity index (χ1) is 10.2. The lowest BCUT2D eigenvalue weighted by atomic mass is 10.0. The molecule has 0 bridgehead atoms. The van der Waals surface area contributed by atoms with Gasteiger partial charge in [-0.25, -0.2) is 13.2 Å². The summed E-state index contributed by atoms with van der Waals surface area (Å²) < 4.78 is 23.0. The largest absolute Gasteiger partial charge is 0.478 e. The number of sulfone groups is 1. The molecule has 2 N–H and O–H groups in total. The van der Waals surface area contributed by atoms with Crippen LogP contribution in [0.2, 0.25) is 0 Å². The van der Waals surface area contributed by atoms with Crippen LogP contribution in [0.4, 0.5) is 0 Å². The van der Waals surface area contributed by atoms with Gasteiger partial charge in [-0.2, -0.15) is 0 Å². The number of benzene rings is 1. The van der Waals surface area contributed by atoms with Crippen LogP contribution in [0.3, 0.4) is 0 Å². The van der Waals surface area contributed by atoms with Gasteiger partial charge in [0, 0.05) is 4.90 Å². The summed E-state index contributed by atoms with van der Waals surface area (Å²) in [5.74, 6) is -1.27. The molecule has 0 unspecified atom stereocenters. The van der Waals surface area contributed by atoms with Crippen molar-refractivity contribution in [2.75, 3.05) is 17.3 Å². The number of carboxylic acids is 1. The highest BCUT2D eigenvalue weighted by atomic mass is 32.2. The Morgan fingerprint density at radius 2 is 2.05 bits per heavy atom. The molecule has 1 aliphatic rings. The number of rotatable bonds is 5. The minimum Gasteiger partial charge on any atom is -0.478 e. The third-order valence-corrected chi connectivity index (χ3v) is 6.40. The zero-order chi connectivity index (χ0) is 16.4. The van der Waals surface area contributed by atoms with Gasteiger partial charge >= 0.3 is 5.97 Å². The summed E-state index contributed by atoms with van der Waals surface area (Å²) in [5.41, 5.74) is -0.585. The first-order valence-corrected chi connectivity index (χ1v) is 9.48. The van der Waals surface area contributed by atoms with E-state index >= 15 is 0 Å². The summed E-state index contributed by atoms with van der Waals surface area (Å²) in [6, 6.07) is 6.45. The Morgan fingerprint density at radius 3 is 2.64 bits per heavy atom. The van der Waals surface area contributed by atoms with Crippen LogP contribution in [0.1, 0.15) is 23.7 Å². The molecule has 22 heavy (non-hydrogen) atoms. The number of nitrogens with one attached hydrogen (secondary N) is 1. The summed E-state index contributed by atoms with van der Waals surface area (Å²) in [6.07, 6.45) is 0.400. The van der Waals surface area contributed by atoms with Crippen LogP contribution < -0.4 is 5.32 Å².